The second kappa shape index (κ2) is 4.18. The zero-order valence-electron chi connectivity index (χ0n) is 6.92. The van der Waals surface area contributed by atoms with Crippen LogP contribution in [-0.4, -0.2) is 27.3 Å². The van der Waals surface area contributed by atoms with E-state index in [1.54, 1.807) is 0 Å². The molecule has 0 aromatic heterocycles. The summed E-state index contributed by atoms with van der Waals surface area (Å²) in [4.78, 5) is 0. The van der Waals surface area contributed by atoms with Gasteiger partial charge in [-0.15, -0.1) is 3.89 Å². The van der Waals surface area contributed by atoms with Crippen molar-refractivity contribution in [1.82, 2.24) is 5.32 Å². The van der Waals surface area contributed by atoms with Crippen LogP contribution in [0.3, 0.4) is 0 Å². The molecule has 1 atom stereocenters. The fourth-order valence-electron chi connectivity index (χ4n) is 1.54. The summed E-state index contributed by atoms with van der Waals surface area (Å²) in [6.07, 6.45) is 2.53. The molecule has 1 saturated heterocycles. The van der Waals surface area contributed by atoms with Crippen molar-refractivity contribution in [3.8, 4) is 0 Å². The highest BCUT2D eigenvalue weighted by Gasteiger charge is 2.19. The van der Waals surface area contributed by atoms with Crippen LogP contribution in [-0.2, 0) is 10.2 Å². The fraction of sp³-hybridized carbons (Fsp3) is 1.00. The molecule has 5 heteroatoms. The van der Waals surface area contributed by atoms with E-state index in [1.165, 1.54) is 0 Å². The number of nitrogens with one attached hydrogen (secondary N) is 1. The predicted octanol–water partition coefficient (Wildman–Crippen LogP) is 0.675. The maximum atomic E-state index is 12.3. The first-order chi connectivity index (χ1) is 5.58. The molecule has 0 aliphatic carbocycles. The highest BCUT2D eigenvalue weighted by atomic mass is 32.3. The summed E-state index contributed by atoms with van der Waals surface area (Å²) < 4.78 is 32.9. The molecule has 3 nitrogen and oxygen atoms in total. The summed E-state index contributed by atoms with van der Waals surface area (Å²) in [6, 6.07) is 0. The molecule has 1 heterocycles. The van der Waals surface area contributed by atoms with Crippen LogP contribution >= 0.6 is 0 Å². The summed E-state index contributed by atoms with van der Waals surface area (Å²) in [6.45, 7) is 1.73. The van der Waals surface area contributed by atoms with Gasteiger partial charge in [-0.05, 0) is 38.3 Å². The molecule has 1 unspecified atom stereocenters. The quantitative estimate of drug-likeness (QED) is 0.659. The van der Waals surface area contributed by atoms with Crippen LogP contribution < -0.4 is 5.32 Å². The van der Waals surface area contributed by atoms with E-state index >= 15 is 0 Å². The van der Waals surface area contributed by atoms with Gasteiger partial charge in [0.1, 0.15) is 0 Å². The number of halogens is 1. The lowest BCUT2D eigenvalue weighted by Gasteiger charge is -2.09. The Morgan fingerprint density at radius 3 is 2.75 bits per heavy atom. The van der Waals surface area contributed by atoms with Gasteiger partial charge >= 0.3 is 10.2 Å². The molecule has 1 rings (SSSR count). The molecule has 1 aliphatic heterocycles. The number of hydrogen-bond donors (Lipinski definition) is 1. The van der Waals surface area contributed by atoms with Crippen LogP contribution in [0, 0.1) is 5.92 Å². The lowest BCUT2D eigenvalue weighted by molar-refractivity contribution is 0.487. The number of rotatable bonds is 2. The maximum Gasteiger partial charge on any atom is 0.302 e. The van der Waals surface area contributed by atoms with Gasteiger partial charge < -0.3 is 5.32 Å². The average Bonchev–Trinajstić information content (AvgIpc) is 2.12. The minimum absolute atomic E-state index is 0.00926. The molecule has 0 amide bonds. The second-order valence-corrected chi connectivity index (χ2v) is 4.66. The third-order valence-corrected chi connectivity index (χ3v) is 3.00. The monoisotopic (exact) mass is 195 g/mol. The molecular weight excluding hydrogens is 181 g/mol. The van der Waals surface area contributed by atoms with Crippen LogP contribution in [0.25, 0.3) is 0 Å². The molecule has 0 bridgehead atoms. The first-order valence-electron chi connectivity index (χ1n) is 4.21. The summed E-state index contributed by atoms with van der Waals surface area (Å²) in [7, 11) is -4.27. The van der Waals surface area contributed by atoms with Crippen molar-refractivity contribution < 1.29 is 12.3 Å². The van der Waals surface area contributed by atoms with E-state index in [0.717, 1.165) is 32.4 Å². The van der Waals surface area contributed by atoms with Gasteiger partial charge in [0.25, 0.3) is 0 Å². The zero-order valence-corrected chi connectivity index (χ0v) is 7.74. The van der Waals surface area contributed by atoms with E-state index in [4.69, 9.17) is 0 Å². The van der Waals surface area contributed by atoms with Crippen LogP contribution in [0.15, 0.2) is 0 Å². The highest BCUT2D eigenvalue weighted by Crippen LogP contribution is 2.16. The summed E-state index contributed by atoms with van der Waals surface area (Å²) in [5.74, 6) is -0.288. The smallest absolute Gasteiger partial charge is 0.302 e. The average molecular weight is 195 g/mol. The zero-order chi connectivity index (χ0) is 9.03. The Balaban J connectivity index is 2.40. The summed E-state index contributed by atoms with van der Waals surface area (Å²) >= 11 is 0. The highest BCUT2D eigenvalue weighted by molar-refractivity contribution is 7.86. The molecule has 12 heavy (non-hydrogen) atoms. The molecular formula is C7H14FNO2S. The maximum absolute atomic E-state index is 12.3. The Bertz CT molecular complexity index is 220. The van der Waals surface area contributed by atoms with Gasteiger partial charge in [0.15, 0.2) is 0 Å². The van der Waals surface area contributed by atoms with Gasteiger partial charge in [0.05, 0.1) is 5.75 Å². The molecule has 1 N–H and O–H groups in total. The van der Waals surface area contributed by atoms with Crippen molar-refractivity contribution in [3.63, 3.8) is 0 Å². The van der Waals surface area contributed by atoms with Crippen LogP contribution in [0.4, 0.5) is 3.89 Å². The van der Waals surface area contributed by atoms with Crippen LogP contribution in [0.1, 0.15) is 19.3 Å². The van der Waals surface area contributed by atoms with Crippen molar-refractivity contribution in [1.29, 1.82) is 0 Å². The Hall–Kier alpha value is -0.160. The molecule has 0 aromatic rings. The van der Waals surface area contributed by atoms with E-state index in [9.17, 15) is 12.3 Å². The standard InChI is InChI=1S/C7H14FNO2S/c8-12(10,11)6-7-2-1-4-9-5-3-7/h7,9H,1-6H2. The topological polar surface area (TPSA) is 46.2 Å². The van der Waals surface area contributed by atoms with E-state index in [1.807, 2.05) is 0 Å². The Morgan fingerprint density at radius 1 is 1.33 bits per heavy atom. The second-order valence-electron chi connectivity index (χ2n) is 3.25. The molecule has 1 fully saturated rings. The van der Waals surface area contributed by atoms with Crippen LogP contribution in [0.5, 0.6) is 0 Å². The van der Waals surface area contributed by atoms with E-state index in [-0.39, 0.29) is 11.7 Å². The van der Waals surface area contributed by atoms with Crippen molar-refractivity contribution >= 4 is 10.2 Å². The first-order valence-corrected chi connectivity index (χ1v) is 5.76. The van der Waals surface area contributed by atoms with Crippen molar-refractivity contribution in [3.05, 3.63) is 0 Å². The molecule has 0 spiro atoms. The fourth-order valence-corrected chi connectivity index (χ4v) is 2.44. The summed E-state index contributed by atoms with van der Waals surface area (Å²) in [5.41, 5.74) is 0. The SMILES string of the molecule is O=S(=O)(F)CC1CCCNCC1. The Kier molecular flexibility index (Phi) is 3.46. The molecule has 1 aliphatic rings. The van der Waals surface area contributed by atoms with E-state index in [0.29, 0.717) is 0 Å². The van der Waals surface area contributed by atoms with Crippen LogP contribution in [0.2, 0.25) is 0 Å². The third-order valence-electron chi connectivity index (χ3n) is 2.13. The van der Waals surface area contributed by atoms with Crippen molar-refractivity contribution in [2.75, 3.05) is 18.8 Å². The molecule has 72 valence electrons. The summed E-state index contributed by atoms with van der Waals surface area (Å²) in [5, 5.41) is 3.15. The predicted molar refractivity (Wildman–Crippen MR) is 45.1 cm³/mol. The lowest BCUT2D eigenvalue weighted by atomic mass is 10.0. The Morgan fingerprint density at radius 2 is 2.08 bits per heavy atom. The molecule has 0 aromatic carbocycles. The lowest BCUT2D eigenvalue weighted by Crippen LogP contribution is -2.16. The van der Waals surface area contributed by atoms with Crippen molar-refractivity contribution in [2.24, 2.45) is 5.92 Å². The van der Waals surface area contributed by atoms with E-state index < -0.39 is 10.2 Å². The molecule has 0 radical (unpaired) electrons. The van der Waals surface area contributed by atoms with Gasteiger partial charge in [-0.25, -0.2) is 0 Å². The normalized spacial score (nSPS) is 26.6. The minimum Gasteiger partial charge on any atom is -0.317 e. The Labute approximate surface area is 72.6 Å². The first kappa shape index (κ1) is 9.92. The largest absolute Gasteiger partial charge is 0.317 e. The minimum atomic E-state index is -4.27. The van der Waals surface area contributed by atoms with Gasteiger partial charge in [-0.1, -0.05) is 0 Å². The van der Waals surface area contributed by atoms with Gasteiger partial charge in [0.2, 0.25) is 0 Å². The van der Waals surface area contributed by atoms with E-state index in [2.05, 4.69) is 5.32 Å². The van der Waals surface area contributed by atoms with Gasteiger partial charge in [-0.2, -0.15) is 8.42 Å². The van der Waals surface area contributed by atoms with Gasteiger partial charge in [0, 0.05) is 0 Å². The van der Waals surface area contributed by atoms with Crippen molar-refractivity contribution in [2.45, 2.75) is 19.3 Å². The number of hydrogen-bond acceptors (Lipinski definition) is 3. The van der Waals surface area contributed by atoms with Gasteiger partial charge in [-0.3, -0.25) is 0 Å². The third kappa shape index (κ3) is 4.01. The molecule has 0 saturated carbocycles.